The van der Waals surface area contributed by atoms with E-state index in [9.17, 15) is 29.4 Å². The van der Waals surface area contributed by atoms with Crippen molar-refractivity contribution in [2.45, 2.75) is 49.9 Å². The zero-order chi connectivity index (χ0) is 26.9. The van der Waals surface area contributed by atoms with E-state index in [1.165, 1.54) is 17.0 Å². The number of carbonyl (C=O) groups excluding carboxylic acids is 3. The predicted octanol–water partition coefficient (Wildman–Crippen LogP) is 0.480. The molecule has 2 aromatic rings. The highest BCUT2D eigenvalue weighted by molar-refractivity contribution is 7.80. The minimum Gasteiger partial charge on any atom is -0.508 e. The van der Waals surface area contributed by atoms with Crippen molar-refractivity contribution in [3.63, 3.8) is 0 Å². The van der Waals surface area contributed by atoms with Crippen molar-refractivity contribution in [1.82, 2.24) is 15.5 Å². The highest BCUT2D eigenvalue weighted by Crippen LogP contribution is 2.20. The molecule has 0 radical (unpaired) electrons. The highest BCUT2D eigenvalue weighted by Gasteiger charge is 2.38. The van der Waals surface area contributed by atoms with Crippen LogP contribution in [0, 0.1) is 0 Å². The van der Waals surface area contributed by atoms with Crippen LogP contribution in [0.15, 0.2) is 54.6 Å². The second-order valence-corrected chi connectivity index (χ2v) is 9.36. The Morgan fingerprint density at radius 2 is 1.57 bits per heavy atom. The number of nitrogens with two attached hydrogens (primary N) is 1. The zero-order valence-corrected chi connectivity index (χ0v) is 21.1. The number of phenols is 1. The molecule has 4 atom stereocenters. The summed E-state index contributed by atoms with van der Waals surface area (Å²) in [6.07, 6.45) is 1.21. The number of carbonyl (C=O) groups is 4. The molecule has 10 nitrogen and oxygen atoms in total. The van der Waals surface area contributed by atoms with E-state index in [-0.39, 0.29) is 30.9 Å². The minimum atomic E-state index is -1.10. The second kappa shape index (κ2) is 13.1. The molecule has 0 aliphatic carbocycles. The maximum atomic E-state index is 13.4. The zero-order valence-electron chi connectivity index (χ0n) is 20.2. The van der Waals surface area contributed by atoms with Crippen molar-refractivity contribution >= 4 is 36.3 Å². The average Bonchev–Trinajstić information content (AvgIpc) is 3.38. The van der Waals surface area contributed by atoms with Gasteiger partial charge < -0.3 is 31.5 Å². The second-order valence-electron chi connectivity index (χ2n) is 9.00. The minimum absolute atomic E-state index is 0.0444. The number of hydrogen-bond acceptors (Lipinski definition) is 7. The molecular formula is C26H32N4O6S. The molecule has 37 heavy (non-hydrogen) atoms. The quantitative estimate of drug-likeness (QED) is 0.231. The number of likely N-dealkylation sites (tertiary alicyclic amines) is 1. The summed E-state index contributed by atoms with van der Waals surface area (Å²) in [7, 11) is 0. The van der Waals surface area contributed by atoms with E-state index in [0.29, 0.717) is 18.4 Å². The number of nitrogens with zero attached hydrogens (tertiary/aromatic N) is 1. The number of hydrogen-bond donors (Lipinski definition) is 6. The van der Waals surface area contributed by atoms with Gasteiger partial charge in [0.2, 0.25) is 17.7 Å². The molecule has 1 aliphatic rings. The van der Waals surface area contributed by atoms with Gasteiger partial charge in [0, 0.05) is 18.7 Å². The van der Waals surface area contributed by atoms with Gasteiger partial charge in [-0.3, -0.25) is 14.4 Å². The van der Waals surface area contributed by atoms with Gasteiger partial charge in [-0.25, -0.2) is 4.79 Å². The molecule has 0 aromatic heterocycles. The molecule has 3 rings (SSSR count). The summed E-state index contributed by atoms with van der Waals surface area (Å²) >= 11 is 4.19. The van der Waals surface area contributed by atoms with Gasteiger partial charge in [-0.05, 0) is 42.5 Å². The molecule has 6 N–H and O–H groups in total. The lowest BCUT2D eigenvalue weighted by atomic mass is 10.0. The summed E-state index contributed by atoms with van der Waals surface area (Å²) in [5.74, 6) is -2.81. The Bertz CT molecular complexity index is 1100. The van der Waals surface area contributed by atoms with Crippen molar-refractivity contribution in [3.05, 3.63) is 65.7 Å². The van der Waals surface area contributed by atoms with Crippen LogP contribution in [0.3, 0.4) is 0 Å². The van der Waals surface area contributed by atoms with E-state index in [1.54, 1.807) is 12.1 Å². The van der Waals surface area contributed by atoms with Gasteiger partial charge in [0.05, 0.1) is 6.04 Å². The molecule has 1 aliphatic heterocycles. The summed E-state index contributed by atoms with van der Waals surface area (Å²) < 4.78 is 0. The highest BCUT2D eigenvalue weighted by atomic mass is 32.1. The van der Waals surface area contributed by atoms with E-state index in [0.717, 1.165) is 5.56 Å². The summed E-state index contributed by atoms with van der Waals surface area (Å²) in [6, 6.07) is 11.3. The van der Waals surface area contributed by atoms with Crippen LogP contribution in [0.4, 0.5) is 0 Å². The molecular weight excluding hydrogens is 496 g/mol. The third kappa shape index (κ3) is 7.70. The third-order valence-corrected chi connectivity index (χ3v) is 6.63. The number of nitrogens with one attached hydrogen (secondary N) is 2. The van der Waals surface area contributed by atoms with Crippen LogP contribution in [0.1, 0.15) is 24.0 Å². The third-order valence-electron chi connectivity index (χ3n) is 6.26. The molecule has 11 heteroatoms. The number of amides is 3. The largest absolute Gasteiger partial charge is 0.508 e. The summed E-state index contributed by atoms with van der Waals surface area (Å²) in [5.41, 5.74) is 7.56. The van der Waals surface area contributed by atoms with Crippen molar-refractivity contribution in [3.8, 4) is 5.75 Å². The van der Waals surface area contributed by atoms with Crippen LogP contribution in [-0.2, 0) is 32.0 Å². The van der Waals surface area contributed by atoms with E-state index >= 15 is 0 Å². The molecule has 3 amide bonds. The number of aromatic hydroxyl groups is 1. The van der Waals surface area contributed by atoms with Gasteiger partial charge in [0.25, 0.3) is 0 Å². The molecule has 0 spiro atoms. The molecule has 198 valence electrons. The van der Waals surface area contributed by atoms with E-state index in [2.05, 4.69) is 23.3 Å². The lowest BCUT2D eigenvalue weighted by Crippen LogP contribution is -2.58. The lowest BCUT2D eigenvalue weighted by molar-refractivity contribution is -0.149. The van der Waals surface area contributed by atoms with Crippen LogP contribution in [0.5, 0.6) is 5.75 Å². The molecule has 2 aromatic carbocycles. The molecule has 1 fully saturated rings. The molecule has 0 saturated carbocycles. The smallest absolute Gasteiger partial charge is 0.326 e. The van der Waals surface area contributed by atoms with Crippen molar-refractivity contribution in [1.29, 1.82) is 0 Å². The maximum absolute atomic E-state index is 13.4. The topological polar surface area (TPSA) is 162 Å². The number of phenolic OH excluding ortho intramolecular Hbond substituents is 1. The molecule has 1 saturated heterocycles. The number of carboxylic acid groups (broad SMARTS) is 1. The molecule has 1 heterocycles. The normalized spacial score (nSPS) is 17.5. The SMILES string of the molecule is NC(Cc1ccccc1)C(=O)NC(CS)C(=O)NC(Cc1ccc(O)cc1)C(=O)N1CCCC1C(=O)O. The van der Waals surface area contributed by atoms with E-state index in [1.807, 2.05) is 30.3 Å². The maximum Gasteiger partial charge on any atom is 0.326 e. The number of aliphatic carboxylic acids is 1. The van der Waals surface area contributed by atoms with Gasteiger partial charge in [-0.2, -0.15) is 12.6 Å². The summed E-state index contributed by atoms with van der Waals surface area (Å²) in [6.45, 7) is 0.263. The van der Waals surface area contributed by atoms with Gasteiger partial charge in [0.15, 0.2) is 0 Å². The Kier molecular flexibility index (Phi) is 9.93. The monoisotopic (exact) mass is 528 g/mol. The first kappa shape index (κ1) is 28.0. The first-order chi connectivity index (χ1) is 17.7. The number of rotatable bonds is 11. The first-order valence-corrected chi connectivity index (χ1v) is 12.6. The first-order valence-electron chi connectivity index (χ1n) is 12.0. The standard InChI is InChI=1S/C26H32N4O6S/c27-19(13-16-5-2-1-3-6-16)23(32)29-21(15-37)24(33)28-20(14-17-8-10-18(31)11-9-17)25(34)30-12-4-7-22(30)26(35)36/h1-3,5-6,8-11,19-22,31,37H,4,7,12-15,27H2,(H,28,33)(H,29,32)(H,35,36). The number of thiol groups is 1. The molecule has 0 bridgehead atoms. The van der Waals surface area contributed by atoms with Crippen molar-refractivity contribution < 1.29 is 29.4 Å². The predicted molar refractivity (Wildman–Crippen MR) is 140 cm³/mol. The Labute approximate surface area is 220 Å². The summed E-state index contributed by atoms with van der Waals surface area (Å²) in [4.78, 5) is 52.1. The van der Waals surface area contributed by atoms with Gasteiger partial charge in [0.1, 0.15) is 23.9 Å². The van der Waals surface area contributed by atoms with Crippen molar-refractivity contribution in [2.24, 2.45) is 5.73 Å². The van der Waals surface area contributed by atoms with Gasteiger partial charge in [-0.15, -0.1) is 0 Å². The Morgan fingerprint density at radius 1 is 0.946 bits per heavy atom. The Hall–Kier alpha value is -3.57. The van der Waals surface area contributed by atoms with Gasteiger partial charge >= 0.3 is 5.97 Å². The Balaban J connectivity index is 1.72. The fourth-order valence-electron chi connectivity index (χ4n) is 4.26. The van der Waals surface area contributed by atoms with E-state index in [4.69, 9.17) is 5.73 Å². The fraction of sp³-hybridized carbons (Fsp3) is 0.385. The lowest BCUT2D eigenvalue weighted by Gasteiger charge is -2.29. The number of carboxylic acids is 1. The van der Waals surface area contributed by atoms with Crippen LogP contribution in [0.2, 0.25) is 0 Å². The van der Waals surface area contributed by atoms with Crippen LogP contribution in [-0.4, -0.2) is 75.3 Å². The average molecular weight is 529 g/mol. The van der Waals surface area contributed by atoms with Crippen LogP contribution >= 0.6 is 12.6 Å². The summed E-state index contributed by atoms with van der Waals surface area (Å²) in [5, 5.41) is 24.4. The molecule has 4 unspecified atom stereocenters. The van der Waals surface area contributed by atoms with Crippen molar-refractivity contribution in [2.75, 3.05) is 12.3 Å². The van der Waals surface area contributed by atoms with Gasteiger partial charge in [-0.1, -0.05) is 42.5 Å². The Morgan fingerprint density at radius 3 is 2.19 bits per heavy atom. The van der Waals surface area contributed by atoms with E-state index < -0.39 is 47.9 Å². The van der Waals surface area contributed by atoms with Crippen LogP contribution < -0.4 is 16.4 Å². The fourth-order valence-corrected chi connectivity index (χ4v) is 4.52. The van der Waals surface area contributed by atoms with Crippen LogP contribution in [0.25, 0.3) is 0 Å². The number of benzene rings is 2.